The van der Waals surface area contributed by atoms with Gasteiger partial charge < -0.3 is 19.4 Å². The molecule has 3 aliphatic heterocycles. The number of benzene rings is 1. The Morgan fingerprint density at radius 2 is 1.82 bits per heavy atom. The third kappa shape index (κ3) is 4.59. The predicted molar refractivity (Wildman–Crippen MR) is 132 cm³/mol. The SMILES string of the molecule is CCC1=C(C(=O)OC)C(c2ccccc2Cl)N2C(CC(=O)N3CCN(C(C)=O)CC3)=CSC2=N1. The highest BCUT2D eigenvalue weighted by molar-refractivity contribution is 8.16. The number of carbonyl (C=O) groups excluding carboxylic acids is 3. The molecule has 0 radical (unpaired) electrons. The molecule has 0 N–H and O–H groups in total. The Bertz CT molecular complexity index is 1110. The highest BCUT2D eigenvalue weighted by Gasteiger charge is 2.42. The zero-order valence-electron chi connectivity index (χ0n) is 19.4. The number of nitrogens with zero attached hydrogens (tertiary/aromatic N) is 4. The molecule has 4 rings (SSSR count). The number of esters is 1. The number of aliphatic imine (C=N–C) groups is 1. The van der Waals surface area contributed by atoms with E-state index in [1.165, 1.54) is 18.9 Å². The van der Waals surface area contributed by atoms with Crippen LogP contribution in [0.5, 0.6) is 0 Å². The lowest BCUT2D eigenvalue weighted by Gasteiger charge is -2.38. The van der Waals surface area contributed by atoms with Crippen molar-refractivity contribution in [2.45, 2.75) is 32.7 Å². The van der Waals surface area contributed by atoms with E-state index in [4.69, 9.17) is 21.3 Å². The number of carbonyl (C=O) groups is 3. The van der Waals surface area contributed by atoms with E-state index >= 15 is 0 Å². The van der Waals surface area contributed by atoms with Gasteiger partial charge in [0.15, 0.2) is 5.17 Å². The summed E-state index contributed by atoms with van der Waals surface area (Å²) >= 11 is 8.02. The van der Waals surface area contributed by atoms with Gasteiger partial charge in [0.05, 0.1) is 30.8 Å². The number of ether oxygens (including phenoxy) is 1. The summed E-state index contributed by atoms with van der Waals surface area (Å²) in [5, 5.41) is 3.15. The van der Waals surface area contributed by atoms with E-state index in [0.717, 1.165) is 11.3 Å². The van der Waals surface area contributed by atoms with Crippen LogP contribution in [-0.2, 0) is 19.1 Å². The maximum absolute atomic E-state index is 13.2. The standard InChI is InChI=1S/C24H27ClN4O4S/c1-4-19-21(23(32)33-3)22(17-7-5-6-8-18(17)25)29-16(14-34-24(29)26-19)13-20(31)28-11-9-27(10-12-28)15(2)30/h5-8,14,22H,4,9-13H2,1-3H3. The van der Waals surface area contributed by atoms with E-state index in [2.05, 4.69) is 0 Å². The van der Waals surface area contributed by atoms with Gasteiger partial charge in [-0.25, -0.2) is 9.79 Å². The van der Waals surface area contributed by atoms with E-state index in [0.29, 0.717) is 54.1 Å². The van der Waals surface area contributed by atoms with Crippen molar-refractivity contribution in [3.8, 4) is 0 Å². The molecule has 8 nitrogen and oxygen atoms in total. The van der Waals surface area contributed by atoms with Gasteiger partial charge in [-0.3, -0.25) is 9.59 Å². The zero-order chi connectivity index (χ0) is 24.4. The van der Waals surface area contributed by atoms with Crippen LogP contribution < -0.4 is 0 Å². The summed E-state index contributed by atoms with van der Waals surface area (Å²) in [6, 6.07) is 6.84. The second kappa shape index (κ2) is 10.2. The van der Waals surface area contributed by atoms with E-state index in [1.54, 1.807) is 22.8 Å². The summed E-state index contributed by atoms with van der Waals surface area (Å²) in [5.74, 6) is -0.473. The van der Waals surface area contributed by atoms with Crippen LogP contribution in [0.25, 0.3) is 0 Å². The minimum absolute atomic E-state index is 0.0209. The minimum Gasteiger partial charge on any atom is -0.466 e. The van der Waals surface area contributed by atoms with Gasteiger partial charge in [-0.2, -0.15) is 0 Å². The maximum atomic E-state index is 13.2. The number of fused-ring (bicyclic) bond motifs is 1. The Balaban J connectivity index is 1.64. The van der Waals surface area contributed by atoms with Crippen molar-refractivity contribution in [1.29, 1.82) is 0 Å². The van der Waals surface area contributed by atoms with Crippen molar-refractivity contribution in [3.63, 3.8) is 0 Å². The number of thioether (sulfide) groups is 1. The van der Waals surface area contributed by atoms with Gasteiger partial charge >= 0.3 is 5.97 Å². The van der Waals surface area contributed by atoms with Crippen molar-refractivity contribution in [3.05, 3.63) is 57.2 Å². The summed E-state index contributed by atoms with van der Waals surface area (Å²) < 4.78 is 5.13. The maximum Gasteiger partial charge on any atom is 0.338 e. The van der Waals surface area contributed by atoms with Crippen molar-refractivity contribution >= 4 is 46.3 Å². The molecule has 2 amide bonds. The largest absolute Gasteiger partial charge is 0.466 e. The minimum atomic E-state index is -0.549. The van der Waals surface area contributed by atoms with E-state index < -0.39 is 12.0 Å². The molecule has 1 fully saturated rings. The number of methoxy groups -OCH3 is 1. The van der Waals surface area contributed by atoms with Gasteiger partial charge in [0, 0.05) is 43.8 Å². The number of hydrogen-bond donors (Lipinski definition) is 0. The number of amides is 2. The second-order valence-corrected chi connectivity index (χ2v) is 9.43. The lowest BCUT2D eigenvalue weighted by atomic mass is 9.92. The van der Waals surface area contributed by atoms with E-state index in [-0.39, 0.29) is 18.2 Å². The van der Waals surface area contributed by atoms with Crippen LogP contribution in [0.1, 0.15) is 38.3 Å². The molecule has 1 aromatic carbocycles. The molecular weight excluding hydrogens is 476 g/mol. The Morgan fingerprint density at radius 3 is 2.44 bits per heavy atom. The highest BCUT2D eigenvalue weighted by Crippen LogP contribution is 2.46. The van der Waals surface area contributed by atoms with Gasteiger partial charge in [-0.05, 0) is 23.5 Å². The molecule has 3 heterocycles. The van der Waals surface area contributed by atoms with Crippen LogP contribution in [0.15, 0.2) is 51.6 Å². The Hall–Kier alpha value is -2.78. The first kappa shape index (κ1) is 24.3. The average Bonchev–Trinajstić information content (AvgIpc) is 3.25. The summed E-state index contributed by atoms with van der Waals surface area (Å²) in [6.07, 6.45) is 0.709. The molecule has 0 bridgehead atoms. The first-order valence-electron chi connectivity index (χ1n) is 11.2. The van der Waals surface area contributed by atoms with E-state index in [1.807, 2.05) is 35.4 Å². The number of piperazine rings is 1. The lowest BCUT2D eigenvalue weighted by molar-refractivity contribution is -0.138. The lowest BCUT2D eigenvalue weighted by Crippen LogP contribution is -2.50. The molecule has 180 valence electrons. The monoisotopic (exact) mass is 502 g/mol. The average molecular weight is 503 g/mol. The Morgan fingerprint density at radius 1 is 1.15 bits per heavy atom. The van der Waals surface area contributed by atoms with Gasteiger partial charge in [-0.15, -0.1) is 0 Å². The summed E-state index contributed by atoms with van der Waals surface area (Å²) in [5.41, 5.74) is 2.58. The molecule has 10 heteroatoms. The second-order valence-electron chi connectivity index (χ2n) is 8.18. The molecule has 3 aliphatic rings. The van der Waals surface area contributed by atoms with Crippen LogP contribution in [0.4, 0.5) is 0 Å². The summed E-state index contributed by atoms with van der Waals surface area (Å²) in [6.45, 7) is 5.55. The van der Waals surface area contributed by atoms with Crippen LogP contribution in [-0.4, -0.2) is 70.9 Å². The zero-order valence-corrected chi connectivity index (χ0v) is 21.0. The smallest absolute Gasteiger partial charge is 0.338 e. The third-order valence-corrected chi connectivity index (χ3v) is 7.47. The van der Waals surface area contributed by atoms with Crippen LogP contribution in [0.3, 0.4) is 0 Å². The molecule has 0 aliphatic carbocycles. The molecule has 0 aromatic heterocycles. The van der Waals surface area contributed by atoms with Crippen LogP contribution in [0, 0.1) is 0 Å². The number of halogens is 1. The Kier molecular flexibility index (Phi) is 7.33. The third-order valence-electron chi connectivity index (χ3n) is 6.24. The molecule has 34 heavy (non-hydrogen) atoms. The summed E-state index contributed by atoms with van der Waals surface area (Å²) in [7, 11) is 1.35. The van der Waals surface area contributed by atoms with Crippen molar-refractivity contribution in [2.24, 2.45) is 4.99 Å². The number of rotatable bonds is 5. The van der Waals surface area contributed by atoms with Gasteiger partial charge in [-0.1, -0.05) is 48.5 Å². The predicted octanol–water partition coefficient (Wildman–Crippen LogP) is 3.56. The topological polar surface area (TPSA) is 82.5 Å². The molecule has 1 unspecified atom stereocenters. The van der Waals surface area contributed by atoms with Crippen molar-refractivity contribution in [2.75, 3.05) is 33.3 Å². The number of hydrogen-bond acceptors (Lipinski definition) is 7. The molecule has 0 saturated carbocycles. The van der Waals surface area contributed by atoms with Crippen LogP contribution in [0.2, 0.25) is 5.02 Å². The fourth-order valence-electron chi connectivity index (χ4n) is 4.44. The quantitative estimate of drug-likeness (QED) is 0.572. The molecule has 1 atom stereocenters. The molecule has 1 saturated heterocycles. The van der Waals surface area contributed by atoms with Gasteiger partial charge in [0.2, 0.25) is 11.8 Å². The van der Waals surface area contributed by atoms with Crippen LogP contribution >= 0.6 is 23.4 Å². The van der Waals surface area contributed by atoms with E-state index in [9.17, 15) is 14.4 Å². The number of amidine groups is 1. The molecular formula is C24H27ClN4O4S. The van der Waals surface area contributed by atoms with Crippen molar-refractivity contribution in [1.82, 2.24) is 14.7 Å². The fourth-order valence-corrected chi connectivity index (χ4v) is 5.62. The van der Waals surface area contributed by atoms with Gasteiger partial charge in [0.1, 0.15) is 0 Å². The highest BCUT2D eigenvalue weighted by atomic mass is 35.5. The Labute approximate surface area is 208 Å². The fraction of sp³-hybridized carbons (Fsp3) is 0.417. The first-order valence-corrected chi connectivity index (χ1v) is 12.4. The summed E-state index contributed by atoms with van der Waals surface area (Å²) in [4.78, 5) is 47.9. The normalized spacial score (nSPS) is 20.1. The molecule has 0 spiro atoms. The number of allylic oxidation sites excluding steroid dienone is 1. The first-order chi connectivity index (χ1) is 16.3. The van der Waals surface area contributed by atoms with Gasteiger partial charge in [0.25, 0.3) is 0 Å². The van der Waals surface area contributed by atoms with Crippen molar-refractivity contribution < 1.29 is 19.1 Å². The molecule has 1 aromatic rings.